The van der Waals surface area contributed by atoms with Gasteiger partial charge in [0.05, 0.1) is 22.8 Å². The van der Waals surface area contributed by atoms with E-state index in [1.807, 2.05) is 0 Å². The van der Waals surface area contributed by atoms with Crippen LogP contribution in [0.25, 0.3) is 10.2 Å². The van der Waals surface area contributed by atoms with Crippen molar-refractivity contribution in [1.82, 2.24) is 15.6 Å². The fourth-order valence-electron chi connectivity index (χ4n) is 2.52. The number of nitrogens with one attached hydrogen (secondary N) is 3. The zero-order valence-corrected chi connectivity index (χ0v) is 14.2. The van der Waals surface area contributed by atoms with Crippen molar-refractivity contribution in [3.05, 3.63) is 18.2 Å². The molecule has 3 rings (SSSR count). The van der Waals surface area contributed by atoms with E-state index < -0.39 is 12.3 Å². The van der Waals surface area contributed by atoms with E-state index in [-0.39, 0.29) is 29.4 Å². The van der Waals surface area contributed by atoms with E-state index in [4.69, 9.17) is 0 Å². The molecule has 3 N–H and O–H groups in total. The van der Waals surface area contributed by atoms with Gasteiger partial charge < -0.3 is 20.7 Å². The summed E-state index contributed by atoms with van der Waals surface area (Å²) in [5.74, 6) is -1.07. The summed E-state index contributed by atoms with van der Waals surface area (Å²) in [6.07, 6.45) is -3.13. The summed E-state index contributed by atoms with van der Waals surface area (Å²) in [5.41, 5.74) is 0.430. The molecule has 1 fully saturated rings. The zero-order chi connectivity index (χ0) is 18.7. The number of rotatable bonds is 5. The first-order valence-electron chi connectivity index (χ1n) is 7.77. The van der Waals surface area contributed by atoms with Crippen LogP contribution in [0.1, 0.15) is 12.8 Å². The molecule has 1 aromatic heterocycles. The number of carbonyl (C=O) groups excluding carboxylic acids is 2. The van der Waals surface area contributed by atoms with Crippen LogP contribution < -0.4 is 20.7 Å². The van der Waals surface area contributed by atoms with Crippen LogP contribution in [0, 0.1) is 0 Å². The molecule has 140 valence electrons. The SMILES string of the molecule is O=C(CNC(=O)[C@H]1CCCN1)Nc1nc2ccc(OC(F)(F)F)cc2s1. The van der Waals surface area contributed by atoms with E-state index >= 15 is 0 Å². The molecule has 2 heterocycles. The van der Waals surface area contributed by atoms with E-state index in [1.165, 1.54) is 12.1 Å². The van der Waals surface area contributed by atoms with Crippen molar-refractivity contribution in [2.24, 2.45) is 0 Å². The van der Waals surface area contributed by atoms with Gasteiger partial charge in [-0.1, -0.05) is 11.3 Å². The molecule has 0 aliphatic carbocycles. The van der Waals surface area contributed by atoms with Gasteiger partial charge in [0.15, 0.2) is 5.13 Å². The van der Waals surface area contributed by atoms with E-state index in [9.17, 15) is 22.8 Å². The lowest BCUT2D eigenvalue weighted by Gasteiger charge is -2.10. The summed E-state index contributed by atoms with van der Waals surface area (Å²) < 4.78 is 41.0. The lowest BCUT2D eigenvalue weighted by molar-refractivity contribution is -0.274. The molecule has 0 spiro atoms. The van der Waals surface area contributed by atoms with Crippen LogP contribution in [0.4, 0.5) is 18.3 Å². The van der Waals surface area contributed by atoms with Crippen LogP contribution in [-0.2, 0) is 9.59 Å². The van der Waals surface area contributed by atoms with Crippen molar-refractivity contribution in [3.8, 4) is 5.75 Å². The van der Waals surface area contributed by atoms with Gasteiger partial charge >= 0.3 is 6.36 Å². The summed E-state index contributed by atoms with van der Waals surface area (Å²) in [7, 11) is 0. The maximum Gasteiger partial charge on any atom is 0.573 e. The minimum absolute atomic E-state index is 0.213. The van der Waals surface area contributed by atoms with E-state index in [1.54, 1.807) is 0 Å². The Kier molecular flexibility index (Phi) is 5.28. The smallest absolute Gasteiger partial charge is 0.406 e. The third kappa shape index (κ3) is 4.82. The number of benzene rings is 1. The molecule has 0 bridgehead atoms. The maximum absolute atomic E-state index is 12.3. The molecular formula is C15H15F3N4O3S. The average molecular weight is 388 g/mol. The summed E-state index contributed by atoms with van der Waals surface area (Å²) in [6, 6.07) is 3.44. The maximum atomic E-state index is 12.3. The number of anilines is 1. The van der Waals surface area contributed by atoms with Gasteiger partial charge in [-0.3, -0.25) is 9.59 Å². The number of amides is 2. The van der Waals surface area contributed by atoms with Crippen molar-refractivity contribution in [3.63, 3.8) is 0 Å². The van der Waals surface area contributed by atoms with Crippen molar-refractivity contribution >= 4 is 38.5 Å². The number of hydrogen-bond acceptors (Lipinski definition) is 6. The highest BCUT2D eigenvalue weighted by Crippen LogP contribution is 2.31. The molecule has 26 heavy (non-hydrogen) atoms. The number of alkyl halides is 3. The topological polar surface area (TPSA) is 92.4 Å². The first-order valence-corrected chi connectivity index (χ1v) is 8.59. The van der Waals surface area contributed by atoms with E-state index in [0.717, 1.165) is 36.8 Å². The van der Waals surface area contributed by atoms with Crippen LogP contribution in [-0.4, -0.2) is 42.3 Å². The largest absolute Gasteiger partial charge is 0.573 e. The summed E-state index contributed by atoms with van der Waals surface area (Å²) >= 11 is 1.01. The second kappa shape index (κ2) is 7.46. The minimum atomic E-state index is -4.78. The molecular weight excluding hydrogens is 373 g/mol. The monoisotopic (exact) mass is 388 g/mol. The fourth-order valence-corrected chi connectivity index (χ4v) is 3.43. The van der Waals surface area contributed by atoms with Gasteiger partial charge in [-0.05, 0) is 31.5 Å². The zero-order valence-electron chi connectivity index (χ0n) is 13.4. The van der Waals surface area contributed by atoms with Gasteiger partial charge in [0, 0.05) is 6.07 Å². The molecule has 0 radical (unpaired) electrons. The Morgan fingerprint density at radius 1 is 1.38 bits per heavy atom. The molecule has 1 aromatic carbocycles. The van der Waals surface area contributed by atoms with Crippen molar-refractivity contribution in [1.29, 1.82) is 0 Å². The number of ether oxygens (including phenoxy) is 1. The molecule has 1 saturated heterocycles. The van der Waals surface area contributed by atoms with E-state index in [2.05, 4.69) is 25.7 Å². The highest BCUT2D eigenvalue weighted by Gasteiger charge is 2.31. The van der Waals surface area contributed by atoms with E-state index in [0.29, 0.717) is 10.2 Å². The first kappa shape index (κ1) is 18.4. The number of thiazole rings is 1. The highest BCUT2D eigenvalue weighted by atomic mass is 32.1. The molecule has 0 saturated carbocycles. The van der Waals surface area contributed by atoms with Gasteiger partial charge in [0.2, 0.25) is 11.8 Å². The fraction of sp³-hybridized carbons (Fsp3) is 0.400. The highest BCUT2D eigenvalue weighted by molar-refractivity contribution is 7.22. The van der Waals surface area contributed by atoms with Crippen LogP contribution in [0.3, 0.4) is 0 Å². The quantitative estimate of drug-likeness (QED) is 0.729. The molecule has 2 aromatic rings. The predicted octanol–water partition coefficient (Wildman–Crippen LogP) is 2.00. The van der Waals surface area contributed by atoms with Gasteiger partial charge in [0.1, 0.15) is 5.75 Å². The summed E-state index contributed by atoms with van der Waals surface area (Å²) in [4.78, 5) is 27.9. The van der Waals surface area contributed by atoms with Crippen molar-refractivity contribution in [2.45, 2.75) is 25.2 Å². The van der Waals surface area contributed by atoms with Crippen LogP contribution in [0.15, 0.2) is 18.2 Å². The van der Waals surface area contributed by atoms with Gasteiger partial charge in [0.25, 0.3) is 0 Å². The molecule has 11 heteroatoms. The average Bonchev–Trinajstić information content (AvgIpc) is 3.19. The molecule has 1 aliphatic heterocycles. The molecule has 1 aliphatic rings. The Morgan fingerprint density at radius 2 is 2.19 bits per heavy atom. The molecule has 7 nitrogen and oxygen atoms in total. The minimum Gasteiger partial charge on any atom is -0.406 e. The lowest BCUT2D eigenvalue weighted by atomic mass is 10.2. The third-order valence-electron chi connectivity index (χ3n) is 3.64. The number of halogens is 3. The number of aromatic nitrogens is 1. The first-order chi connectivity index (χ1) is 12.3. The lowest BCUT2D eigenvalue weighted by Crippen LogP contribution is -2.43. The summed E-state index contributed by atoms with van der Waals surface area (Å²) in [5, 5.41) is 8.29. The normalized spacial score (nSPS) is 17.3. The molecule has 0 unspecified atom stereocenters. The Hall–Kier alpha value is -2.40. The molecule has 1 atom stereocenters. The van der Waals surface area contributed by atoms with Gasteiger partial charge in [-0.15, -0.1) is 13.2 Å². The Bertz CT molecular complexity index is 818. The number of carbonyl (C=O) groups is 2. The summed E-state index contributed by atoms with van der Waals surface area (Å²) in [6.45, 7) is 0.561. The van der Waals surface area contributed by atoms with Gasteiger partial charge in [-0.25, -0.2) is 4.98 Å². The second-order valence-electron chi connectivity index (χ2n) is 5.61. The number of fused-ring (bicyclic) bond motifs is 1. The number of hydrogen-bond donors (Lipinski definition) is 3. The Labute approximate surface area is 149 Å². The van der Waals surface area contributed by atoms with Crippen LogP contribution >= 0.6 is 11.3 Å². The van der Waals surface area contributed by atoms with Crippen LogP contribution in [0.2, 0.25) is 0 Å². The standard InChI is InChI=1S/C15H15F3N4O3S/c16-15(17,18)25-8-3-4-9-11(6-8)26-14(21-9)22-12(23)7-20-13(24)10-2-1-5-19-10/h3-4,6,10,19H,1-2,5,7H2,(H,20,24)(H,21,22,23)/t10-/m1/s1. The second-order valence-corrected chi connectivity index (χ2v) is 6.64. The number of nitrogens with zero attached hydrogens (tertiary/aromatic N) is 1. The van der Waals surface area contributed by atoms with Crippen molar-refractivity contribution in [2.75, 3.05) is 18.4 Å². The van der Waals surface area contributed by atoms with Crippen LogP contribution in [0.5, 0.6) is 5.75 Å². The Balaban J connectivity index is 1.57. The van der Waals surface area contributed by atoms with Crippen molar-refractivity contribution < 1.29 is 27.5 Å². The molecule has 2 amide bonds. The third-order valence-corrected chi connectivity index (χ3v) is 4.57. The Morgan fingerprint density at radius 3 is 2.88 bits per heavy atom. The van der Waals surface area contributed by atoms with Gasteiger partial charge in [-0.2, -0.15) is 0 Å². The predicted molar refractivity (Wildman–Crippen MR) is 89.0 cm³/mol.